The highest BCUT2D eigenvalue weighted by Gasteiger charge is 2.31. The molecule has 0 spiro atoms. The van der Waals surface area contributed by atoms with Crippen LogP contribution in [0.15, 0.2) is 4.42 Å². The normalized spacial score (nSPS) is 21.3. The van der Waals surface area contributed by atoms with Crippen molar-refractivity contribution in [2.45, 2.75) is 58.1 Å². The summed E-state index contributed by atoms with van der Waals surface area (Å²) < 4.78 is 16.6. The number of aromatic nitrogens is 1. The predicted octanol–water partition coefficient (Wildman–Crippen LogP) is 2.31. The summed E-state index contributed by atoms with van der Waals surface area (Å²) in [5.41, 5.74) is 6.33. The summed E-state index contributed by atoms with van der Waals surface area (Å²) in [6.07, 6.45) is 2.52. The SMILES string of the molecule is CCCCOC(=O)c1nc(N2CC[C@H](N)[C@H](OC)C2)oc1C(C)C. The average molecular weight is 339 g/mol. The molecule has 2 rings (SSSR count). The maximum absolute atomic E-state index is 12.3. The highest BCUT2D eigenvalue weighted by atomic mass is 16.5. The summed E-state index contributed by atoms with van der Waals surface area (Å²) in [6, 6.07) is 0.444. The Hall–Kier alpha value is -1.60. The Morgan fingerprint density at radius 2 is 2.25 bits per heavy atom. The lowest BCUT2D eigenvalue weighted by atomic mass is 10.0. The number of unbranched alkanes of at least 4 members (excludes halogenated alkanes) is 1. The van der Waals surface area contributed by atoms with E-state index in [9.17, 15) is 4.79 Å². The molecular weight excluding hydrogens is 310 g/mol. The fourth-order valence-electron chi connectivity index (χ4n) is 2.73. The van der Waals surface area contributed by atoms with E-state index in [0.717, 1.165) is 25.8 Å². The predicted molar refractivity (Wildman–Crippen MR) is 91.4 cm³/mol. The second kappa shape index (κ2) is 8.48. The quantitative estimate of drug-likeness (QED) is 0.602. The second-order valence-electron chi connectivity index (χ2n) is 6.53. The summed E-state index contributed by atoms with van der Waals surface area (Å²) in [5, 5.41) is 0. The van der Waals surface area contributed by atoms with Gasteiger partial charge >= 0.3 is 5.97 Å². The van der Waals surface area contributed by atoms with Crippen molar-refractivity contribution < 1.29 is 18.7 Å². The summed E-state index contributed by atoms with van der Waals surface area (Å²) in [7, 11) is 1.65. The number of hydrogen-bond donors (Lipinski definition) is 1. The molecule has 1 aliphatic heterocycles. The summed E-state index contributed by atoms with van der Waals surface area (Å²) >= 11 is 0. The Morgan fingerprint density at radius 3 is 2.88 bits per heavy atom. The molecule has 2 heterocycles. The lowest BCUT2D eigenvalue weighted by Gasteiger charge is -2.35. The van der Waals surface area contributed by atoms with Crippen molar-refractivity contribution in [3.8, 4) is 0 Å². The van der Waals surface area contributed by atoms with Crippen LogP contribution in [0.25, 0.3) is 0 Å². The van der Waals surface area contributed by atoms with Crippen LogP contribution >= 0.6 is 0 Å². The Kier molecular flexibility index (Phi) is 6.62. The second-order valence-corrected chi connectivity index (χ2v) is 6.53. The first-order valence-corrected chi connectivity index (χ1v) is 8.69. The van der Waals surface area contributed by atoms with Gasteiger partial charge < -0.3 is 24.5 Å². The number of carbonyl (C=O) groups excluding carboxylic acids is 1. The van der Waals surface area contributed by atoms with Gasteiger partial charge in [0.05, 0.1) is 19.3 Å². The molecule has 0 amide bonds. The van der Waals surface area contributed by atoms with Gasteiger partial charge in [0.1, 0.15) is 5.76 Å². The number of esters is 1. The standard InChI is InChI=1S/C17H29N3O4/c1-5-6-9-23-16(21)14-15(11(2)3)24-17(19-14)20-8-7-12(18)13(10-20)22-4/h11-13H,5-10,18H2,1-4H3/t12-,13+/m0/s1. The van der Waals surface area contributed by atoms with E-state index in [4.69, 9.17) is 19.6 Å². The van der Waals surface area contributed by atoms with Gasteiger partial charge in [0.25, 0.3) is 6.01 Å². The van der Waals surface area contributed by atoms with Gasteiger partial charge in [-0.3, -0.25) is 0 Å². The molecule has 7 heteroatoms. The van der Waals surface area contributed by atoms with Gasteiger partial charge in [0, 0.05) is 25.6 Å². The van der Waals surface area contributed by atoms with E-state index in [-0.39, 0.29) is 23.8 Å². The minimum atomic E-state index is -0.417. The molecule has 2 N–H and O–H groups in total. The van der Waals surface area contributed by atoms with Crippen LogP contribution in [-0.4, -0.2) is 49.9 Å². The monoisotopic (exact) mass is 339 g/mol. The van der Waals surface area contributed by atoms with Gasteiger partial charge in [0.15, 0.2) is 5.69 Å². The number of hydrogen-bond acceptors (Lipinski definition) is 7. The lowest BCUT2D eigenvalue weighted by Crippen LogP contribution is -2.51. The van der Waals surface area contributed by atoms with Gasteiger partial charge in [-0.1, -0.05) is 27.2 Å². The molecule has 0 unspecified atom stereocenters. The van der Waals surface area contributed by atoms with Crippen LogP contribution in [-0.2, 0) is 9.47 Å². The van der Waals surface area contributed by atoms with Crippen molar-refractivity contribution in [3.05, 3.63) is 11.5 Å². The number of piperidine rings is 1. The number of carbonyl (C=O) groups is 1. The van der Waals surface area contributed by atoms with Crippen LogP contribution in [0.1, 0.15) is 62.2 Å². The van der Waals surface area contributed by atoms with E-state index < -0.39 is 5.97 Å². The van der Waals surface area contributed by atoms with Gasteiger partial charge in [-0.15, -0.1) is 0 Å². The highest BCUT2D eigenvalue weighted by Crippen LogP contribution is 2.28. The summed E-state index contributed by atoms with van der Waals surface area (Å²) in [4.78, 5) is 18.7. The molecule has 0 aromatic carbocycles. The highest BCUT2D eigenvalue weighted by molar-refractivity contribution is 5.89. The van der Waals surface area contributed by atoms with Crippen molar-refractivity contribution in [2.75, 3.05) is 31.7 Å². The van der Waals surface area contributed by atoms with Crippen LogP contribution in [0.4, 0.5) is 6.01 Å². The molecule has 0 saturated carbocycles. The summed E-state index contributed by atoms with van der Waals surface area (Å²) in [5.74, 6) is 0.194. The Labute approximate surface area is 143 Å². The van der Waals surface area contributed by atoms with E-state index in [0.29, 0.717) is 24.9 Å². The number of nitrogens with zero attached hydrogens (tertiary/aromatic N) is 2. The molecule has 24 heavy (non-hydrogen) atoms. The number of anilines is 1. The van der Waals surface area contributed by atoms with Gasteiger partial charge in [-0.05, 0) is 12.8 Å². The maximum Gasteiger partial charge on any atom is 0.360 e. The largest absolute Gasteiger partial charge is 0.461 e. The molecule has 7 nitrogen and oxygen atoms in total. The van der Waals surface area contributed by atoms with Crippen molar-refractivity contribution in [2.24, 2.45) is 5.73 Å². The van der Waals surface area contributed by atoms with E-state index >= 15 is 0 Å². The van der Waals surface area contributed by atoms with Crippen molar-refractivity contribution in [3.63, 3.8) is 0 Å². The first-order chi connectivity index (χ1) is 11.5. The molecule has 1 saturated heterocycles. The minimum absolute atomic E-state index is 0.00395. The molecular formula is C17H29N3O4. The van der Waals surface area contributed by atoms with Crippen LogP contribution in [0.5, 0.6) is 0 Å². The number of ether oxygens (including phenoxy) is 2. The summed E-state index contributed by atoms with van der Waals surface area (Å²) in [6.45, 7) is 7.71. The van der Waals surface area contributed by atoms with Crippen LogP contribution in [0.3, 0.4) is 0 Å². The van der Waals surface area contributed by atoms with Gasteiger partial charge in [-0.25, -0.2) is 4.79 Å². The molecule has 1 aromatic heterocycles. The molecule has 0 radical (unpaired) electrons. The molecule has 1 aromatic rings. The van der Waals surface area contributed by atoms with Gasteiger partial charge in [-0.2, -0.15) is 4.98 Å². The van der Waals surface area contributed by atoms with Crippen molar-refractivity contribution in [1.29, 1.82) is 0 Å². The molecule has 2 atom stereocenters. The third-order valence-corrected chi connectivity index (χ3v) is 4.27. The van der Waals surface area contributed by atoms with Gasteiger partial charge in [0.2, 0.25) is 0 Å². The lowest BCUT2D eigenvalue weighted by molar-refractivity contribution is 0.0490. The van der Waals surface area contributed by atoms with Crippen molar-refractivity contribution in [1.82, 2.24) is 4.98 Å². The third kappa shape index (κ3) is 4.27. The molecule has 136 valence electrons. The van der Waals surface area contributed by atoms with Crippen LogP contribution in [0, 0.1) is 0 Å². The van der Waals surface area contributed by atoms with E-state index in [2.05, 4.69) is 11.9 Å². The zero-order valence-corrected chi connectivity index (χ0v) is 15.1. The first-order valence-electron chi connectivity index (χ1n) is 8.69. The van der Waals surface area contributed by atoms with Crippen molar-refractivity contribution >= 4 is 12.0 Å². The zero-order chi connectivity index (χ0) is 17.7. The number of nitrogens with two attached hydrogens (primary N) is 1. The van der Waals surface area contributed by atoms with E-state index in [1.807, 2.05) is 18.7 Å². The number of oxazole rings is 1. The molecule has 0 aliphatic carbocycles. The van der Waals surface area contributed by atoms with E-state index in [1.165, 1.54) is 0 Å². The topological polar surface area (TPSA) is 90.8 Å². The third-order valence-electron chi connectivity index (χ3n) is 4.27. The average Bonchev–Trinajstić information content (AvgIpc) is 3.01. The van der Waals surface area contributed by atoms with Crippen LogP contribution in [0.2, 0.25) is 0 Å². The Balaban J connectivity index is 2.17. The maximum atomic E-state index is 12.3. The molecule has 0 bridgehead atoms. The fraction of sp³-hybridized carbons (Fsp3) is 0.765. The Bertz CT molecular complexity index is 544. The smallest absolute Gasteiger partial charge is 0.360 e. The van der Waals surface area contributed by atoms with Crippen LogP contribution < -0.4 is 10.6 Å². The zero-order valence-electron chi connectivity index (χ0n) is 15.1. The Morgan fingerprint density at radius 1 is 1.50 bits per heavy atom. The first kappa shape index (κ1) is 18.7. The molecule has 1 aliphatic rings. The molecule has 1 fully saturated rings. The fourth-order valence-corrected chi connectivity index (χ4v) is 2.73. The number of methoxy groups -OCH3 is 1. The minimum Gasteiger partial charge on any atom is -0.461 e. The van der Waals surface area contributed by atoms with E-state index in [1.54, 1.807) is 7.11 Å². The number of rotatable bonds is 7.